The van der Waals surface area contributed by atoms with Crippen molar-refractivity contribution in [2.75, 3.05) is 25.2 Å². The number of rotatable bonds is 10. The Morgan fingerprint density at radius 1 is 1.20 bits per heavy atom. The summed E-state index contributed by atoms with van der Waals surface area (Å²) in [6.07, 6.45) is -1.58. The number of aromatic nitrogens is 1. The van der Waals surface area contributed by atoms with Crippen LogP contribution in [0.5, 0.6) is 0 Å². The Bertz CT molecular complexity index is 1720. The highest BCUT2D eigenvalue weighted by molar-refractivity contribution is 8.00. The van der Waals surface area contributed by atoms with E-state index in [0.717, 1.165) is 23.3 Å². The summed E-state index contributed by atoms with van der Waals surface area (Å²) in [5, 5.41) is 15.8. The van der Waals surface area contributed by atoms with Crippen molar-refractivity contribution in [2.24, 2.45) is 10.6 Å². The molecule has 4 rings (SSSR count). The van der Waals surface area contributed by atoms with Gasteiger partial charge in [0.05, 0.1) is 16.9 Å². The zero-order valence-electron chi connectivity index (χ0n) is 27.4. The first-order valence-corrected chi connectivity index (χ1v) is 17.8. The maximum Gasteiger partial charge on any atom is 0.518 e. The lowest BCUT2D eigenvalue weighted by molar-refractivity contribution is -0.177. The molecule has 20 heteroatoms. The number of thiazole rings is 1. The molecular weight excluding hydrogens is 707 g/mol. The summed E-state index contributed by atoms with van der Waals surface area (Å²) in [6.45, 7) is 8.33. The SMILES string of the molecule is CCc1ccc(S(=O)(=O)O)cc1.COCC1=C(OC(=O)OC(C)OC(=O)C(C)(C)C)N2C(=O)C(NC(=O)/C(=N\O)c3csc(N)n3)[C@@H]2SC1. The third kappa shape index (κ3) is 10.1. The number of fused-ring (bicyclic) bond motifs is 1. The molecule has 17 nitrogen and oxygen atoms in total. The van der Waals surface area contributed by atoms with Gasteiger partial charge in [0.15, 0.2) is 10.8 Å². The lowest BCUT2D eigenvalue weighted by Crippen LogP contribution is -2.70. The average Bonchev–Trinajstić information content (AvgIpc) is 3.45. The van der Waals surface area contributed by atoms with Gasteiger partial charge in [-0.1, -0.05) is 24.2 Å². The number of aryl methyl sites for hydroxylation is 1. The van der Waals surface area contributed by atoms with E-state index in [0.29, 0.717) is 11.3 Å². The van der Waals surface area contributed by atoms with Gasteiger partial charge in [-0.25, -0.2) is 9.78 Å². The molecule has 0 radical (unpaired) electrons. The third-order valence-corrected chi connectivity index (χ3v) is 9.52. The van der Waals surface area contributed by atoms with E-state index in [2.05, 4.69) is 15.5 Å². The molecule has 1 saturated heterocycles. The Morgan fingerprint density at radius 2 is 1.86 bits per heavy atom. The number of carbonyl (C=O) groups excluding carboxylic acids is 4. The van der Waals surface area contributed by atoms with E-state index in [9.17, 15) is 32.8 Å². The van der Waals surface area contributed by atoms with Gasteiger partial charge in [0.1, 0.15) is 17.1 Å². The van der Waals surface area contributed by atoms with Crippen LogP contribution in [-0.4, -0.2) is 94.9 Å². The molecule has 0 spiro atoms. The average molecular weight is 744 g/mol. The largest absolute Gasteiger partial charge is 0.518 e. The van der Waals surface area contributed by atoms with Crippen molar-refractivity contribution in [1.82, 2.24) is 15.2 Å². The van der Waals surface area contributed by atoms with E-state index in [-0.39, 0.29) is 28.2 Å². The Labute approximate surface area is 290 Å². The summed E-state index contributed by atoms with van der Waals surface area (Å²) in [7, 11) is -2.59. The number of nitrogens with zero attached hydrogens (tertiary/aromatic N) is 3. The fourth-order valence-electron chi connectivity index (χ4n) is 4.11. The molecule has 1 aromatic heterocycles. The Hall–Kier alpha value is -4.24. The first-order valence-electron chi connectivity index (χ1n) is 14.5. The van der Waals surface area contributed by atoms with Crippen LogP contribution < -0.4 is 11.1 Å². The second-order valence-corrected chi connectivity index (χ2v) is 14.8. The number of carbonyl (C=O) groups is 4. The Balaban J connectivity index is 0.000000456. The maximum absolute atomic E-state index is 13.0. The van der Waals surface area contributed by atoms with Crippen LogP contribution in [0.1, 0.15) is 45.9 Å². The molecule has 2 amide bonds. The number of esters is 1. The number of hydrogen-bond acceptors (Lipinski definition) is 16. The van der Waals surface area contributed by atoms with E-state index in [1.165, 1.54) is 48.2 Å². The maximum atomic E-state index is 13.0. The van der Waals surface area contributed by atoms with Gasteiger partial charge < -0.3 is 35.2 Å². The van der Waals surface area contributed by atoms with Gasteiger partial charge in [-0.2, -0.15) is 8.42 Å². The second-order valence-electron chi connectivity index (χ2n) is 11.4. The van der Waals surface area contributed by atoms with Crippen molar-refractivity contribution in [2.45, 2.75) is 63.6 Å². The normalized spacial score (nSPS) is 18.3. The van der Waals surface area contributed by atoms with Crippen molar-refractivity contribution < 1.29 is 56.3 Å². The minimum Gasteiger partial charge on any atom is -0.425 e. The standard InChI is InChI=1S/C21H27N5O9S2.C8H10O3S/c1-9(33-18(29)21(2,3)4)34-20(30)35-16-10(6-32-5)7-36-17-13(15(28)26(16)17)24-14(27)12(25-31)11-8-37-19(22)23-11;1-2-7-3-5-8(6-4-7)12(9,10)11/h8-9,13,17,31H,6-7H2,1-5H3,(H2,22,23)(H,24,27);3-6H,2H2,1H3,(H,9,10,11)/b25-12-;/t9?,13?,17-;/m0./s1. The molecule has 1 fully saturated rings. The van der Waals surface area contributed by atoms with Crippen molar-refractivity contribution in [3.63, 3.8) is 0 Å². The number of ether oxygens (including phenoxy) is 4. The van der Waals surface area contributed by atoms with Crippen LogP contribution in [0.3, 0.4) is 0 Å². The summed E-state index contributed by atoms with van der Waals surface area (Å²) >= 11 is 2.36. The van der Waals surface area contributed by atoms with Gasteiger partial charge >= 0.3 is 12.1 Å². The fraction of sp³-hybridized carbons (Fsp3) is 0.448. The molecule has 268 valence electrons. The highest BCUT2D eigenvalue weighted by atomic mass is 32.2. The number of benzene rings is 1. The monoisotopic (exact) mass is 743 g/mol. The smallest absolute Gasteiger partial charge is 0.425 e. The van der Waals surface area contributed by atoms with Crippen LogP contribution in [0.4, 0.5) is 9.93 Å². The Morgan fingerprint density at radius 3 is 2.37 bits per heavy atom. The van der Waals surface area contributed by atoms with E-state index >= 15 is 0 Å². The zero-order chi connectivity index (χ0) is 36.7. The van der Waals surface area contributed by atoms with Gasteiger partial charge in [-0.3, -0.25) is 23.8 Å². The molecule has 3 heterocycles. The summed E-state index contributed by atoms with van der Waals surface area (Å²) in [5.74, 6) is -1.78. The summed E-state index contributed by atoms with van der Waals surface area (Å²) in [4.78, 5) is 55.2. The summed E-state index contributed by atoms with van der Waals surface area (Å²) < 4.78 is 50.4. The van der Waals surface area contributed by atoms with Crippen LogP contribution in [0, 0.1) is 5.41 Å². The molecule has 2 aliphatic rings. The molecular formula is C29H37N5O12S3. The number of nitrogen functional groups attached to an aromatic ring is 1. The molecule has 0 bridgehead atoms. The molecule has 0 aliphatic carbocycles. The lowest BCUT2D eigenvalue weighted by Gasteiger charge is -2.49. The van der Waals surface area contributed by atoms with Gasteiger partial charge in [0, 0.05) is 30.7 Å². The quantitative estimate of drug-likeness (QED) is 0.0520. The second kappa shape index (κ2) is 16.4. The number of amides is 2. The highest BCUT2D eigenvalue weighted by Crippen LogP contribution is 2.41. The number of oxime groups is 1. The minimum atomic E-state index is -4.03. The first kappa shape index (κ1) is 39.2. The van der Waals surface area contributed by atoms with Crippen molar-refractivity contribution in [3.05, 3.63) is 52.4 Å². The van der Waals surface area contributed by atoms with E-state index in [1.807, 2.05) is 6.92 Å². The Kier molecular flexibility index (Phi) is 13.2. The molecule has 3 atom stereocenters. The lowest BCUT2D eigenvalue weighted by atomic mass is 9.97. The fourth-order valence-corrected chi connectivity index (χ4v) is 6.44. The number of nitrogens with one attached hydrogen (secondary N) is 1. The number of hydrogen-bond donors (Lipinski definition) is 4. The van der Waals surface area contributed by atoms with E-state index < -0.39 is 62.9 Å². The summed E-state index contributed by atoms with van der Waals surface area (Å²) in [6, 6.07) is 5.16. The third-order valence-electron chi connectivity index (χ3n) is 6.63. The predicted octanol–water partition coefficient (Wildman–Crippen LogP) is 2.75. The molecule has 5 N–H and O–H groups in total. The van der Waals surface area contributed by atoms with Crippen molar-refractivity contribution >= 4 is 68.0 Å². The molecule has 0 saturated carbocycles. The van der Waals surface area contributed by atoms with Crippen LogP contribution in [0.2, 0.25) is 0 Å². The number of anilines is 1. The summed E-state index contributed by atoms with van der Waals surface area (Å²) in [5.41, 5.74) is 5.95. The van der Waals surface area contributed by atoms with Gasteiger partial charge in [-0.15, -0.1) is 23.1 Å². The molecule has 49 heavy (non-hydrogen) atoms. The topological polar surface area (TPSA) is 246 Å². The highest BCUT2D eigenvalue weighted by Gasteiger charge is 2.54. The van der Waals surface area contributed by atoms with Gasteiger partial charge in [0.25, 0.3) is 21.9 Å². The van der Waals surface area contributed by atoms with Crippen molar-refractivity contribution in [3.8, 4) is 0 Å². The van der Waals surface area contributed by atoms with Gasteiger partial charge in [-0.05, 0) is 44.9 Å². The van der Waals surface area contributed by atoms with E-state index in [1.54, 1.807) is 32.9 Å². The van der Waals surface area contributed by atoms with Crippen LogP contribution in [0.15, 0.2) is 51.2 Å². The molecule has 2 aromatic rings. The van der Waals surface area contributed by atoms with Crippen LogP contribution in [-0.2, 0) is 49.9 Å². The van der Waals surface area contributed by atoms with Gasteiger partial charge in [0.2, 0.25) is 12.2 Å². The molecule has 2 unspecified atom stereocenters. The van der Waals surface area contributed by atoms with Crippen molar-refractivity contribution in [1.29, 1.82) is 0 Å². The number of nitrogens with two attached hydrogens (primary N) is 1. The number of β-lactam (4-membered cyclic amide) rings is 1. The number of thioether (sulfide) groups is 1. The van der Waals surface area contributed by atoms with Crippen LogP contribution in [0.25, 0.3) is 0 Å². The first-order chi connectivity index (χ1) is 22.9. The predicted molar refractivity (Wildman–Crippen MR) is 177 cm³/mol. The van der Waals surface area contributed by atoms with Crippen LogP contribution >= 0.6 is 23.1 Å². The zero-order valence-corrected chi connectivity index (χ0v) is 29.8. The minimum absolute atomic E-state index is 0.0535. The molecule has 2 aliphatic heterocycles. The molecule has 1 aromatic carbocycles. The number of methoxy groups -OCH3 is 1. The van der Waals surface area contributed by atoms with E-state index in [4.69, 9.17) is 29.2 Å².